The Bertz CT molecular complexity index is 1260. The van der Waals surface area contributed by atoms with E-state index >= 15 is 4.39 Å². The van der Waals surface area contributed by atoms with Gasteiger partial charge in [-0.3, -0.25) is 9.10 Å². The number of hydrogen-bond donors (Lipinski definition) is 1. The predicted molar refractivity (Wildman–Crippen MR) is 122 cm³/mol. The number of rotatable bonds is 5. The molecule has 4 rings (SSSR count). The van der Waals surface area contributed by atoms with Gasteiger partial charge in [0.15, 0.2) is 5.78 Å². The van der Waals surface area contributed by atoms with Gasteiger partial charge >= 0.3 is 0 Å². The highest BCUT2D eigenvalue weighted by molar-refractivity contribution is 8.00. The van der Waals surface area contributed by atoms with Gasteiger partial charge < -0.3 is 10.5 Å². The van der Waals surface area contributed by atoms with E-state index in [1.165, 1.54) is 23.7 Å². The van der Waals surface area contributed by atoms with Crippen molar-refractivity contribution in [1.29, 1.82) is 0 Å². The second-order valence-electron chi connectivity index (χ2n) is 8.43. The Morgan fingerprint density at radius 2 is 2.09 bits per heavy atom. The molecule has 0 bridgehead atoms. The van der Waals surface area contributed by atoms with E-state index in [0.717, 1.165) is 0 Å². The number of carbonyl (C=O) groups is 1. The number of Topliss-reactive ketones (excluding diaryl/α,β-unsaturated/α-hetero) is 1. The van der Waals surface area contributed by atoms with Gasteiger partial charge in [-0.15, -0.1) is 0 Å². The zero-order chi connectivity index (χ0) is 23.5. The number of benzene rings is 1. The Morgan fingerprint density at radius 1 is 1.41 bits per heavy atom. The molecule has 1 aliphatic carbocycles. The second-order valence-corrected chi connectivity index (χ2v) is 11.0. The molecule has 0 amide bonds. The summed E-state index contributed by atoms with van der Waals surface area (Å²) < 4.78 is 34.3. The minimum Gasteiger partial charge on any atom is -0.480 e. The first-order chi connectivity index (χ1) is 15.0. The molecule has 1 saturated carbocycles. The molecule has 2 aliphatic rings. The summed E-state index contributed by atoms with van der Waals surface area (Å²) in [4.78, 5) is 25.8. The quantitative estimate of drug-likeness (QED) is 0.541. The number of halogens is 1. The van der Waals surface area contributed by atoms with Crippen LogP contribution in [0.2, 0.25) is 0 Å². The number of nitrogens with two attached hydrogens (primary N) is 1. The Labute approximate surface area is 186 Å². The highest BCUT2D eigenvalue weighted by atomic mass is 32.2. The number of ketones is 1. The number of methoxy groups -OCH3 is 1. The molecule has 170 valence electrons. The number of carbonyl (C=O) groups excluding carboxylic acids is 1. The zero-order valence-corrected chi connectivity index (χ0v) is 19.3. The Balaban J connectivity index is 1.73. The summed E-state index contributed by atoms with van der Waals surface area (Å²) in [5.74, 6) is 3.57. The van der Waals surface area contributed by atoms with Gasteiger partial charge in [0.25, 0.3) is 0 Å². The highest BCUT2D eigenvalue weighted by Crippen LogP contribution is 2.60. The van der Waals surface area contributed by atoms with Gasteiger partial charge in [0.05, 0.1) is 33.5 Å². The van der Waals surface area contributed by atoms with E-state index in [-0.39, 0.29) is 29.4 Å². The summed E-state index contributed by atoms with van der Waals surface area (Å²) in [5.41, 5.74) is 6.41. The van der Waals surface area contributed by atoms with Crippen molar-refractivity contribution in [1.82, 2.24) is 14.3 Å². The summed E-state index contributed by atoms with van der Waals surface area (Å²) in [6.07, 6.45) is 2.57. The summed E-state index contributed by atoms with van der Waals surface area (Å²) in [6.45, 7) is 3.42. The summed E-state index contributed by atoms with van der Waals surface area (Å²) in [6, 6.07) is 4.47. The molecular formula is C22H26FN5O3S. The lowest BCUT2D eigenvalue weighted by atomic mass is 9.85. The molecule has 0 radical (unpaired) electrons. The molecule has 2 aromatic rings. The fourth-order valence-corrected chi connectivity index (χ4v) is 6.89. The summed E-state index contributed by atoms with van der Waals surface area (Å²) in [5, 5.41) is 0. The number of aryl methyl sites for hydroxylation is 1. The molecule has 1 spiro atoms. The van der Waals surface area contributed by atoms with Crippen LogP contribution in [-0.2, 0) is 21.7 Å². The van der Waals surface area contributed by atoms with Crippen LogP contribution in [0.1, 0.15) is 47.1 Å². The lowest BCUT2D eigenvalue weighted by Gasteiger charge is -2.45. The van der Waals surface area contributed by atoms with E-state index in [0.29, 0.717) is 30.0 Å². The van der Waals surface area contributed by atoms with Crippen LogP contribution in [0.15, 0.2) is 29.4 Å². The van der Waals surface area contributed by atoms with Gasteiger partial charge in [-0.1, -0.05) is 6.07 Å². The van der Waals surface area contributed by atoms with Crippen LogP contribution in [0.4, 0.5) is 4.39 Å². The molecule has 10 heteroatoms. The number of guanidine groups is 1. The maximum Gasteiger partial charge on any atom is 0.232 e. The molecule has 2 heterocycles. The lowest BCUT2D eigenvalue weighted by molar-refractivity contribution is 0.0987. The monoisotopic (exact) mass is 459 g/mol. The van der Waals surface area contributed by atoms with E-state index in [9.17, 15) is 9.00 Å². The Kier molecular flexibility index (Phi) is 5.04. The van der Waals surface area contributed by atoms with Gasteiger partial charge in [-0.2, -0.15) is 0 Å². The number of nitrogens with zero attached hydrogens (tertiary/aromatic N) is 4. The highest BCUT2D eigenvalue weighted by Gasteiger charge is 2.67. The molecule has 1 aromatic carbocycles. The zero-order valence-electron chi connectivity index (χ0n) is 18.5. The van der Waals surface area contributed by atoms with Crippen LogP contribution in [-0.4, -0.2) is 55.0 Å². The van der Waals surface area contributed by atoms with E-state index < -0.39 is 25.8 Å². The average Bonchev–Trinajstić information content (AvgIpc) is 3.56. The topological polar surface area (TPSA) is 111 Å². The van der Waals surface area contributed by atoms with Crippen molar-refractivity contribution in [3.8, 4) is 5.88 Å². The minimum atomic E-state index is -2.83. The third-order valence-corrected chi connectivity index (χ3v) is 9.72. The molecule has 2 N–H and O–H groups in total. The Hall–Kier alpha value is -3.01. The van der Waals surface area contributed by atoms with E-state index in [4.69, 9.17) is 10.5 Å². The largest absolute Gasteiger partial charge is 0.480 e. The maximum atomic E-state index is 15.1. The molecule has 32 heavy (non-hydrogen) atoms. The molecule has 0 saturated heterocycles. The van der Waals surface area contributed by atoms with Crippen molar-refractivity contribution in [2.75, 3.05) is 14.2 Å². The van der Waals surface area contributed by atoms with Crippen molar-refractivity contribution in [3.05, 3.63) is 52.7 Å². The van der Waals surface area contributed by atoms with Crippen molar-refractivity contribution in [2.24, 2.45) is 10.7 Å². The van der Waals surface area contributed by atoms with Crippen molar-refractivity contribution < 1.29 is 18.1 Å². The van der Waals surface area contributed by atoms with Crippen LogP contribution in [0.5, 0.6) is 5.88 Å². The molecule has 1 unspecified atom stereocenters. The van der Waals surface area contributed by atoms with E-state index in [2.05, 4.69) is 20.8 Å². The third-order valence-electron chi connectivity index (χ3n) is 6.62. The third kappa shape index (κ3) is 3.08. The fourth-order valence-electron chi connectivity index (χ4n) is 4.51. The van der Waals surface area contributed by atoms with Gasteiger partial charge in [-0.25, -0.2) is 23.6 Å². The van der Waals surface area contributed by atoms with Crippen molar-refractivity contribution >= 4 is 27.3 Å². The first kappa shape index (κ1) is 22.2. The second kappa shape index (κ2) is 7.26. The van der Waals surface area contributed by atoms with Gasteiger partial charge in [0.1, 0.15) is 17.1 Å². The van der Waals surface area contributed by atoms with Crippen LogP contribution >= 0.6 is 0 Å². The fraction of sp³-hybridized carbons (Fsp3) is 0.409. The van der Waals surface area contributed by atoms with E-state index in [1.54, 1.807) is 33.0 Å². The van der Waals surface area contributed by atoms with Gasteiger partial charge in [-0.05, 0) is 50.3 Å². The SMILES string of the molecule is C=S1(=O)N(C)C(N)=N[C@](C)(c2cc(CC(=O)c3ncc(OC)nc3C)ccc2F)C12CC2. The number of hydrogen-bond acceptors (Lipinski definition) is 7. The summed E-state index contributed by atoms with van der Waals surface area (Å²) >= 11 is 0. The van der Waals surface area contributed by atoms with Gasteiger partial charge in [0.2, 0.25) is 11.8 Å². The molecule has 2 atom stereocenters. The number of aliphatic imine (C=N–C) groups is 1. The molecule has 1 aromatic heterocycles. The standard InChI is InChI=1S/C22H26FN5O3S/c1-13-19(25-12-18(26-13)31-4)17(29)11-14-6-7-16(23)15(10-14)21(2)22(8-9-22)32(5,30)28(3)20(24)27-21/h6-7,10,12H,5,8-9,11H2,1-4H3,(H2,24,27)/t21-,32?/m1/s1. The minimum absolute atomic E-state index is 0.00292. The first-order valence-corrected chi connectivity index (χ1v) is 11.8. The molecule has 1 aliphatic heterocycles. The average molecular weight is 460 g/mol. The normalized spacial score (nSPS) is 26.0. The summed E-state index contributed by atoms with van der Waals surface area (Å²) in [7, 11) is 0.240. The lowest BCUT2D eigenvalue weighted by Crippen LogP contribution is -2.58. The smallest absolute Gasteiger partial charge is 0.232 e. The van der Waals surface area contributed by atoms with Gasteiger partial charge in [0, 0.05) is 19.0 Å². The van der Waals surface area contributed by atoms with Crippen molar-refractivity contribution in [3.63, 3.8) is 0 Å². The van der Waals surface area contributed by atoms with Crippen LogP contribution < -0.4 is 10.5 Å². The van der Waals surface area contributed by atoms with Crippen LogP contribution in [0, 0.1) is 12.7 Å². The molecule has 1 fully saturated rings. The van der Waals surface area contributed by atoms with Crippen LogP contribution in [0.25, 0.3) is 0 Å². The van der Waals surface area contributed by atoms with Crippen LogP contribution in [0.3, 0.4) is 0 Å². The number of ether oxygens (including phenoxy) is 1. The Morgan fingerprint density at radius 3 is 2.69 bits per heavy atom. The first-order valence-electron chi connectivity index (χ1n) is 10.1. The van der Waals surface area contributed by atoms with Crippen molar-refractivity contribution in [2.45, 2.75) is 43.4 Å². The predicted octanol–water partition coefficient (Wildman–Crippen LogP) is 2.00. The van der Waals surface area contributed by atoms with E-state index in [1.807, 2.05) is 0 Å². The molecular weight excluding hydrogens is 433 g/mol. The maximum absolute atomic E-state index is 15.1. The number of aromatic nitrogens is 2. The molecule has 8 nitrogen and oxygen atoms in total.